The molecule has 20 heavy (non-hydrogen) atoms. The predicted octanol–water partition coefficient (Wildman–Crippen LogP) is 3.40. The van der Waals surface area contributed by atoms with Gasteiger partial charge in [0.2, 0.25) is 0 Å². The van der Waals surface area contributed by atoms with Crippen LogP contribution in [0.1, 0.15) is 23.5 Å². The number of anilines is 1. The van der Waals surface area contributed by atoms with Crippen molar-refractivity contribution in [2.24, 2.45) is 0 Å². The van der Waals surface area contributed by atoms with Crippen LogP contribution in [0.4, 0.5) is 5.69 Å². The molecule has 0 saturated heterocycles. The summed E-state index contributed by atoms with van der Waals surface area (Å²) in [7, 11) is 1.62. The Bertz CT molecular complexity index is 652. The Kier molecular flexibility index (Phi) is 4.36. The Morgan fingerprint density at radius 2 is 2.20 bits per heavy atom. The summed E-state index contributed by atoms with van der Waals surface area (Å²) >= 11 is 4.86. The van der Waals surface area contributed by atoms with Crippen LogP contribution in [-0.2, 0) is 4.74 Å². The van der Waals surface area contributed by atoms with Crippen LogP contribution in [0, 0.1) is 0 Å². The van der Waals surface area contributed by atoms with Gasteiger partial charge in [-0.05, 0) is 26.0 Å². The summed E-state index contributed by atoms with van der Waals surface area (Å²) in [6.07, 6.45) is 0. The molecule has 4 nitrogen and oxygen atoms in total. The number of thiophene rings is 1. The summed E-state index contributed by atoms with van der Waals surface area (Å²) in [5, 5.41) is 3.76. The monoisotopic (exact) mass is 356 g/mol. The number of rotatable bonds is 4. The van der Waals surface area contributed by atoms with E-state index < -0.39 is 5.60 Å². The second-order valence-electron chi connectivity index (χ2n) is 5.10. The van der Waals surface area contributed by atoms with E-state index >= 15 is 0 Å². The number of fused-ring (bicyclic) bond motifs is 1. The first-order valence-electron chi connectivity index (χ1n) is 6.15. The topological polar surface area (TPSA) is 64.3 Å². The van der Waals surface area contributed by atoms with E-state index in [9.17, 15) is 4.79 Å². The first-order valence-corrected chi connectivity index (χ1v) is 7.76. The molecule has 108 valence electrons. The number of carbonyl (C=O) groups is 1. The maximum absolute atomic E-state index is 12.3. The third kappa shape index (κ3) is 2.97. The second kappa shape index (κ2) is 5.71. The molecule has 1 aromatic carbocycles. The maximum atomic E-state index is 12.3. The molecule has 0 radical (unpaired) electrons. The van der Waals surface area contributed by atoms with Crippen LogP contribution in [0.3, 0.4) is 0 Å². The van der Waals surface area contributed by atoms with Crippen LogP contribution in [0.2, 0.25) is 0 Å². The fourth-order valence-electron chi connectivity index (χ4n) is 1.74. The number of hydrogen-bond donors (Lipinski definition) is 2. The predicted molar refractivity (Wildman–Crippen MR) is 87.4 cm³/mol. The number of nitrogens with two attached hydrogens (primary N) is 1. The standard InChI is InChI=1S/C14H17BrN2O2S/c1-14(2,19-3)7-17-13(18)12-11(16)10-8(15)5-4-6-9(10)20-12/h4-6H,7,16H2,1-3H3,(H,17,18). The molecule has 6 heteroatoms. The molecule has 0 bridgehead atoms. The summed E-state index contributed by atoms with van der Waals surface area (Å²) in [4.78, 5) is 12.8. The molecule has 0 saturated carbocycles. The minimum atomic E-state index is -0.401. The highest BCUT2D eigenvalue weighted by Gasteiger charge is 2.21. The van der Waals surface area contributed by atoms with Crippen LogP contribution < -0.4 is 11.1 Å². The Balaban J connectivity index is 2.27. The van der Waals surface area contributed by atoms with Gasteiger partial charge < -0.3 is 15.8 Å². The first-order chi connectivity index (χ1) is 9.35. The highest BCUT2D eigenvalue weighted by atomic mass is 79.9. The normalized spacial score (nSPS) is 11.8. The number of benzene rings is 1. The average Bonchev–Trinajstić information content (AvgIpc) is 2.75. The molecule has 1 heterocycles. The third-order valence-corrected chi connectivity index (χ3v) is 4.97. The van der Waals surface area contributed by atoms with Gasteiger partial charge in [-0.1, -0.05) is 22.0 Å². The van der Waals surface area contributed by atoms with Crippen molar-refractivity contribution in [3.63, 3.8) is 0 Å². The lowest BCUT2D eigenvalue weighted by Crippen LogP contribution is -2.39. The lowest BCUT2D eigenvalue weighted by atomic mass is 10.1. The van der Waals surface area contributed by atoms with E-state index in [0.29, 0.717) is 17.1 Å². The summed E-state index contributed by atoms with van der Waals surface area (Å²) < 4.78 is 7.18. The molecule has 0 unspecified atom stereocenters. The summed E-state index contributed by atoms with van der Waals surface area (Å²) in [5.41, 5.74) is 6.22. The maximum Gasteiger partial charge on any atom is 0.263 e. The Labute approximate surface area is 130 Å². The fraction of sp³-hybridized carbons (Fsp3) is 0.357. The van der Waals surface area contributed by atoms with E-state index in [2.05, 4.69) is 21.2 Å². The van der Waals surface area contributed by atoms with Crippen molar-refractivity contribution in [3.8, 4) is 0 Å². The molecule has 0 fully saturated rings. The second-order valence-corrected chi connectivity index (χ2v) is 7.01. The van der Waals surface area contributed by atoms with E-state index in [1.54, 1.807) is 7.11 Å². The Morgan fingerprint density at radius 3 is 2.80 bits per heavy atom. The van der Waals surface area contributed by atoms with Gasteiger partial charge in [0.15, 0.2) is 0 Å². The van der Waals surface area contributed by atoms with Crippen LogP contribution in [0.25, 0.3) is 10.1 Å². The van der Waals surface area contributed by atoms with Crippen molar-refractivity contribution < 1.29 is 9.53 Å². The highest BCUT2D eigenvalue weighted by molar-refractivity contribution is 9.10. The van der Waals surface area contributed by atoms with Gasteiger partial charge in [-0.2, -0.15) is 0 Å². The van der Waals surface area contributed by atoms with Gasteiger partial charge in [0.05, 0.1) is 11.3 Å². The van der Waals surface area contributed by atoms with Crippen LogP contribution >= 0.6 is 27.3 Å². The first kappa shape index (κ1) is 15.3. The fourth-order valence-corrected chi connectivity index (χ4v) is 3.52. The van der Waals surface area contributed by atoms with E-state index in [4.69, 9.17) is 10.5 Å². The molecule has 0 aliphatic carbocycles. The number of nitrogens with one attached hydrogen (secondary N) is 1. The van der Waals surface area contributed by atoms with E-state index in [0.717, 1.165) is 14.6 Å². The Morgan fingerprint density at radius 1 is 1.50 bits per heavy atom. The zero-order valence-corrected chi connectivity index (χ0v) is 14.0. The molecule has 0 spiro atoms. The van der Waals surface area contributed by atoms with E-state index in [1.807, 2.05) is 32.0 Å². The van der Waals surface area contributed by atoms with Gasteiger partial charge >= 0.3 is 0 Å². The number of carbonyl (C=O) groups excluding carboxylic acids is 1. The molecular formula is C14H17BrN2O2S. The van der Waals surface area contributed by atoms with Crippen molar-refractivity contribution in [1.29, 1.82) is 0 Å². The zero-order valence-electron chi connectivity index (χ0n) is 11.6. The smallest absolute Gasteiger partial charge is 0.263 e. The van der Waals surface area contributed by atoms with Gasteiger partial charge in [-0.25, -0.2) is 0 Å². The summed E-state index contributed by atoms with van der Waals surface area (Å²) in [6.45, 7) is 4.26. The number of methoxy groups -OCH3 is 1. The average molecular weight is 357 g/mol. The molecule has 1 aromatic heterocycles. The van der Waals surface area contributed by atoms with Gasteiger partial charge in [-0.15, -0.1) is 11.3 Å². The SMILES string of the molecule is COC(C)(C)CNC(=O)c1sc2cccc(Br)c2c1N. The van der Waals surface area contributed by atoms with Crippen molar-refractivity contribution >= 4 is 48.9 Å². The number of hydrogen-bond acceptors (Lipinski definition) is 4. The molecular weight excluding hydrogens is 340 g/mol. The summed E-state index contributed by atoms with van der Waals surface area (Å²) in [5.74, 6) is -0.166. The molecule has 1 amide bonds. The van der Waals surface area contributed by atoms with Gasteiger partial charge in [0, 0.05) is 28.2 Å². The van der Waals surface area contributed by atoms with Gasteiger partial charge in [0.25, 0.3) is 5.91 Å². The van der Waals surface area contributed by atoms with Gasteiger partial charge in [-0.3, -0.25) is 4.79 Å². The summed E-state index contributed by atoms with van der Waals surface area (Å²) in [6, 6.07) is 5.80. The van der Waals surface area contributed by atoms with Gasteiger partial charge in [0.1, 0.15) is 4.88 Å². The van der Waals surface area contributed by atoms with E-state index in [1.165, 1.54) is 11.3 Å². The third-order valence-electron chi connectivity index (χ3n) is 3.13. The molecule has 2 rings (SSSR count). The van der Waals surface area contributed by atoms with Crippen molar-refractivity contribution in [1.82, 2.24) is 5.32 Å². The van der Waals surface area contributed by atoms with Crippen molar-refractivity contribution in [2.75, 3.05) is 19.4 Å². The molecule has 2 aromatic rings. The number of halogens is 1. The van der Waals surface area contributed by atoms with Crippen LogP contribution in [0.15, 0.2) is 22.7 Å². The van der Waals surface area contributed by atoms with Crippen LogP contribution in [0.5, 0.6) is 0 Å². The number of nitrogen functional groups attached to an aromatic ring is 1. The number of amides is 1. The highest BCUT2D eigenvalue weighted by Crippen LogP contribution is 2.38. The minimum Gasteiger partial charge on any atom is -0.397 e. The molecule has 0 aliphatic heterocycles. The quantitative estimate of drug-likeness (QED) is 0.882. The molecule has 0 aliphatic rings. The van der Waals surface area contributed by atoms with E-state index in [-0.39, 0.29) is 5.91 Å². The largest absolute Gasteiger partial charge is 0.397 e. The van der Waals surface area contributed by atoms with Crippen molar-refractivity contribution in [3.05, 3.63) is 27.5 Å². The lowest BCUT2D eigenvalue weighted by Gasteiger charge is -2.22. The van der Waals surface area contributed by atoms with Crippen molar-refractivity contribution in [2.45, 2.75) is 19.4 Å². The molecule has 3 N–H and O–H groups in total. The Hall–Kier alpha value is -1.11. The van der Waals surface area contributed by atoms with Crippen LogP contribution in [-0.4, -0.2) is 25.2 Å². The lowest BCUT2D eigenvalue weighted by molar-refractivity contribution is 0.0229. The zero-order chi connectivity index (χ0) is 14.9. The minimum absolute atomic E-state index is 0.166. The number of ether oxygens (including phenoxy) is 1. The molecule has 0 atom stereocenters.